The number of nitrogens with one attached hydrogen (secondary N) is 1. The number of hydrogen-bond donors (Lipinski definition) is 2. The van der Waals surface area contributed by atoms with Gasteiger partial charge in [-0.25, -0.2) is 13.1 Å². The monoisotopic (exact) mass is 407 g/mol. The third-order valence-corrected chi connectivity index (χ3v) is 7.76. The van der Waals surface area contributed by atoms with Crippen molar-refractivity contribution in [2.24, 2.45) is 5.41 Å². The Morgan fingerprint density at radius 3 is 2.43 bits per heavy atom. The van der Waals surface area contributed by atoms with Gasteiger partial charge in [0.05, 0.1) is 28.7 Å². The van der Waals surface area contributed by atoms with Gasteiger partial charge in [-0.2, -0.15) is 0 Å². The number of rotatable bonds is 3. The Kier molecular flexibility index (Phi) is 5.80. The fourth-order valence-corrected chi connectivity index (χ4v) is 5.28. The molecule has 2 aliphatic rings. The van der Waals surface area contributed by atoms with Gasteiger partial charge in [0.15, 0.2) is 0 Å². The average Bonchev–Trinajstić information content (AvgIpc) is 3.26. The van der Waals surface area contributed by atoms with Crippen LogP contribution in [-0.2, 0) is 14.8 Å². The van der Waals surface area contributed by atoms with E-state index in [9.17, 15) is 13.5 Å². The van der Waals surface area contributed by atoms with Crippen LogP contribution in [0.3, 0.4) is 0 Å². The van der Waals surface area contributed by atoms with Gasteiger partial charge in [-0.3, -0.25) is 0 Å². The van der Waals surface area contributed by atoms with Crippen molar-refractivity contribution in [1.82, 2.24) is 4.72 Å². The lowest BCUT2D eigenvalue weighted by molar-refractivity contribution is 0.0174. The summed E-state index contributed by atoms with van der Waals surface area (Å²) in [4.78, 5) is 0.214. The second-order valence-corrected chi connectivity index (χ2v) is 11.1. The van der Waals surface area contributed by atoms with Crippen LogP contribution in [-0.4, -0.2) is 37.4 Å². The number of sulfonamides is 1. The fourth-order valence-electron chi connectivity index (χ4n) is 4.04. The molecule has 5 nitrogen and oxygen atoms in total. The summed E-state index contributed by atoms with van der Waals surface area (Å²) >= 11 is 0. The molecule has 4 atom stereocenters. The standard InChI is InChI=1S/C22H33NO4S/c1-15-6-9-17(10-7-15)28(25,26)23-18-14-22(5)19(27-22)11-8-16(2)12-13-21(3,4)20(18)24/h6-7,9-10,12,18-20,23-24H,8,11,13-14H2,1-5H3/b16-12+/t18?,19-,20?,22-/m1/s1. The van der Waals surface area contributed by atoms with E-state index in [1.807, 2.05) is 27.7 Å². The molecule has 1 aromatic rings. The maximum atomic E-state index is 13.0. The molecule has 0 spiro atoms. The van der Waals surface area contributed by atoms with Crippen molar-refractivity contribution in [1.29, 1.82) is 0 Å². The predicted octanol–water partition coefficient (Wildman–Crippen LogP) is 3.71. The first-order chi connectivity index (χ1) is 12.9. The molecule has 1 aliphatic heterocycles. The zero-order valence-electron chi connectivity index (χ0n) is 17.5. The van der Waals surface area contributed by atoms with E-state index in [4.69, 9.17) is 4.74 Å². The number of epoxide rings is 1. The maximum Gasteiger partial charge on any atom is 0.240 e. The van der Waals surface area contributed by atoms with Crippen molar-refractivity contribution >= 4 is 10.0 Å². The Hall–Kier alpha value is -1.21. The van der Waals surface area contributed by atoms with Crippen LogP contribution in [0.5, 0.6) is 0 Å². The largest absolute Gasteiger partial charge is 0.391 e. The van der Waals surface area contributed by atoms with Gasteiger partial charge in [0.2, 0.25) is 10.0 Å². The first-order valence-corrected chi connectivity index (χ1v) is 11.5. The molecular weight excluding hydrogens is 374 g/mol. The van der Waals surface area contributed by atoms with E-state index in [1.165, 1.54) is 5.57 Å². The molecule has 1 aliphatic carbocycles. The number of benzene rings is 1. The average molecular weight is 408 g/mol. The van der Waals surface area contributed by atoms with Crippen LogP contribution < -0.4 is 4.72 Å². The normalized spacial score (nSPS) is 35.2. The molecule has 2 N–H and O–H groups in total. The molecule has 1 aromatic carbocycles. The summed E-state index contributed by atoms with van der Waals surface area (Å²) in [5, 5.41) is 11.2. The van der Waals surface area contributed by atoms with Gasteiger partial charge in [-0.1, -0.05) is 43.2 Å². The smallest absolute Gasteiger partial charge is 0.240 e. The summed E-state index contributed by atoms with van der Waals surface area (Å²) in [6.07, 6.45) is 4.48. The van der Waals surface area contributed by atoms with Gasteiger partial charge in [0.1, 0.15) is 0 Å². The van der Waals surface area contributed by atoms with Gasteiger partial charge >= 0.3 is 0 Å². The molecule has 0 aromatic heterocycles. The lowest BCUT2D eigenvalue weighted by atomic mass is 9.77. The summed E-state index contributed by atoms with van der Waals surface area (Å²) in [6.45, 7) is 10.0. The van der Waals surface area contributed by atoms with E-state index >= 15 is 0 Å². The minimum atomic E-state index is -3.74. The van der Waals surface area contributed by atoms with E-state index in [1.54, 1.807) is 24.3 Å². The van der Waals surface area contributed by atoms with Crippen molar-refractivity contribution < 1.29 is 18.3 Å². The highest BCUT2D eigenvalue weighted by atomic mass is 32.2. The Labute approximate surface area is 169 Å². The number of hydrogen-bond acceptors (Lipinski definition) is 4. The van der Waals surface area contributed by atoms with Crippen molar-refractivity contribution in [3.05, 3.63) is 41.5 Å². The van der Waals surface area contributed by atoms with E-state index in [0.29, 0.717) is 12.8 Å². The first kappa shape index (κ1) is 21.5. The summed E-state index contributed by atoms with van der Waals surface area (Å²) in [5.41, 5.74) is 1.42. The summed E-state index contributed by atoms with van der Waals surface area (Å²) in [7, 11) is -3.74. The van der Waals surface area contributed by atoms with Crippen LogP contribution in [0, 0.1) is 12.3 Å². The number of aryl methyl sites for hydroxylation is 1. The highest BCUT2D eigenvalue weighted by Gasteiger charge is 2.54. The molecule has 1 saturated heterocycles. The maximum absolute atomic E-state index is 13.0. The lowest BCUT2D eigenvalue weighted by Crippen LogP contribution is -2.51. The molecule has 0 radical (unpaired) electrons. The molecule has 1 fully saturated rings. The zero-order valence-corrected chi connectivity index (χ0v) is 18.3. The van der Waals surface area contributed by atoms with Gasteiger partial charge in [-0.05, 0) is 64.0 Å². The molecule has 1 heterocycles. The summed E-state index contributed by atoms with van der Waals surface area (Å²) in [5.74, 6) is 0. The SMILES string of the molecule is C/C1=C\CC(C)(C)C(O)C(NS(=O)(=O)c2ccc(C)cc2)C[C@@]2(C)O[C@@H]2CC1. The van der Waals surface area contributed by atoms with Gasteiger partial charge < -0.3 is 9.84 Å². The van der Waals surface area contributed by atoms with E-state index in [2.05, 4.69) is 17.7 Å². The molecule has 0 saturated carbocycles. The molecule has 0 bridgehead atoms. The van der Waals surface area contributed by atoms with Crippen LogP contribution >= 0.6 is 0 Å². The Morgan fingerprint density at radius 1 is 1.14 bits per heavy atom. The van der Waals surface area contributed by atoms with Crippen LogP contribution in [0.2, 0.25) is 0 Å². The molecule has 28 heavy (non-hydrogen) atoms. The van der Waals surface area contributed by atoms with Crippen molar-refractivity contribution in [2.75, 3.05) is 0 Å². The van der Waals surface area contributed by atoms with E-state index < -0.39 is 33.2 Å². The zero-order chi connectivity index (χ0) is 20.7. The van der Waals surface area contributed by atoms with Crippen LogP contribution in [0.15, 0.2) is 40.8 Å². The number of allylic oxidation sites excluding steroid dienone is 2. The Balaban J connectivity index is 1.90. The second-order valence-electron chi connectivity index (χ2n) is 9.39. The number of aliphatic hydroxyl groups is 1. The minimum Gasteiger partial charge on any atom is -0.391 e. The Morgan fingerprint density at radius 2 is 1.79 bits per heavy atom. The van der Waals surface area contributed by atoms with Crippen LogP contribution in [0.4, 0.5) is 0 Å². The van der Waals surface area contributed by atoms with Crippen molar-refractivity contribution in [3.8, 4) is 0 Å². The minimum absolute atomic E-state index is 0.107. The second kappa shape index (κ2) is 7.56. The molecule has 3 rings (SSSR count). The molecule has 156 valence electrons. The lowest BCUT2D eigenvalue weighted by Gasteiger charge is -2.36. The molecular formula is C22H33NO4S. The van der Waals surface area contributed by atoms with E-state index in [-0.39, 0.29) is 11.0 Å². The van der Waals surface area contributed by atoms with Gasteiger partial charge in [-0.15, -0.1) is 0 Å². The third kappa shape index (κ3) is 4.67. The molecule has 6 heteroatoms. The fraction of sp³-hybridized carbons (Fsp3) is 0.636. The third-order valence-electron chi connectivity index (χ3n) is 6.26. The summed E-state index contributed by atoms with van der Waals surface area (Å²) < 4.78 is 34.7. The highest BCUT2D eigenvalue weighted by molar-refractivity contribution is 7.89. The molecule has 0 amide bonds. The Bertz CT molecular complexity index is 844. The van der Waals surface area contributed by atoms with Crippen molar-refractivity contribution in [2.45, 2.75) is 89.0 Å². The quantitative estimate of drug-likeness (QED) is 0.591. The predicted molar refractivity (Wildman–Crippen MR) is 111 cm³/mol. The molecule has 2 unspecified atom stereocenters. The summed E-state index contributed by atoms with van der Waals surface area (Å²) in [6, 6.07) is 6.14. The number of ether oxygens (including phenoxy) is 1. The van der Waals surface area contributed by atoms with Gasteiger partial charge in [0, 0.05) is 0 Å². The highest BCUT2D eigenvalue weighted by Crippen LogP contribution is 2.45. The number of fused-ring (bicyclic) bond motifs is 1. The van der Waals surface area contributed by atoms with Crippen LogP contribution in [0.1, 0.15) is 58.9 Å². The van der Waals surface area contributed by atoms with E-state index in [0.717, 1.165) is 18.4 Å². The topological polar surface area (TPSA) is 78.9 Å². The van der Waals surface area contributed by atoms with Crippen LogP contribution in [0.25, 0.3) is 0 Å². The number of aliphatic hydroxyl groups excluding tert-OH is 1. The van der Waals surface area contributed by atoms with Gasteiger partial charge in [0.25, 0.3) is 0 Å². The first-order valence-electron chi connectivity index (χ1n) is 10.0. The van der Waals surface area contributed by atoms with Crippen molar-refractivity contribution in [3.63, 3.8) is 0 Å².